The van der Waals surface area contributed by atoms with Gasteiger partial charge in [0, 0.05) is 59.6 Å². The molecule has 5 nitrogen and oxygen atoms in total. The number of hydrogen-bond acceptors (Lipinski definition) is 4. The molecule has 47 heavy (non-hydrogen) atoms. The van der Waals surface area contributed by atoms with Crippen LogP contribution in [-0.2, 0) is 4.74 Å². The van der Waals surface area contributed by atoms with Crippen molar-refractivity contribution in [2.45, 2.75) is 92.2 Å². The Morgan fingerprint density at radius 1 is 0.894 bits per heavy atom. The number of benzene rings is 3. The van der Waals surface area contributed by atoms with Crippen LogP contribution in [0.1, 0.15) is 114 Å². The first-order chi connectivity index (χ1) is 22.4. The fourth-order valence-corrected chi connectivity index (χ4v) is 8.80. The van der Waals surface area contributed by atoms with Crippen LogP contribution in [0.4, 0.5) is 5.69 Å². The Kier molecular flexibility index (Phi) is 7.73. The molecule has 1 aliphatic carbocycles. The molecule has 3 heterocycles. The smallest absolute Gasteiger partial charge is 0.338 e. The lowest BCUT2D eigenvalue weighted by Crippen LogP contribution is -2.49. The summed E-state index contributed by atoms with van der Waals surface area (Å²) in [7, 11) is 0. The third-order valence-electron chi connectivity index (χ3n) is 10.9. The number of ether oxygens (including phenoxy) is 2. The summed E-state index contributed by atoms with van der Waals surface area (Å²) < 4.78 is 15.4. The largest absolute Gasteiger partial charge is 0.462 e. The van der Waals surface area contributed by atoms with Gasteiger partial charge >= 0.3 is 5.97 Å². The van der Waals surface area contributed by atoms with Crippen LogP contribution in [0.2, 0.25) is 0 Å². The molecule has 0 spiro atoms. The average Bonchev–Trinajstić information content (AvgIpc) is 3.55. The van der Waals surface area contributed by atoms with Crippen LogP contribution in [0, 0.1) is 5.92 Å². The van der Waals surface area contributed by atoms with Crippen LogP contribution in [-0.4, -0.2) is 36.7 Å². The first-order valence-electron chi connectivity index (χ1n) is 17.6. The van der Waals surface area contributed by atoms with Crippen LogP contribution in [0.5, 0.6) is 11.5 Å². The SMILES string of the molecule is CCN1c2cc3c(cc2C(C)=CC1(C)C)C(c1ccccc1C(=O)OCC1CCCC1)=c1cc2c(cc1O3)=[N+](CC)C(C)(C)C=C2C. The molecular formula is C42H49N2O3+. The lowest BCUT2D eigenvalue weighted by molar-refractivity contribution is 0.0442. The van der Waals surface area contributed by atoms with Gasteiger partial charge in [0.05, 0.1) is 23.8 Å². The molecule has 0 unspecified atom stereocenters. The second kappa shape index (κ2) is 11.5. The Hall–Kier alpha value is -4.12. The molecule has 3 aliphatic heterocycles. The van der Waals surface area contributed by atoms with Crippen molar-refractivity contribution in [1.29, 1.82) is 0 Å². The van der Waals surface area contributed by atoms with Gasteiger partial charge in [-0.25, -0.2) is 9.37 Å². The van der Waals surface area contributed by atoms with Crippen molar-refractivity contribution in [2.75, 3.05) is 24.6 Å². The molecule has 1 saturated carbocycles. The Bertz CT molecular complexity index is 1990. The van der Waals surface area contributed by atoms with Gasteiger partial charge in [-0.1, -0.05) is 37.1 Å². The summed E-state index contributed by atoms with van der Waals surface area (Å²) >= 11 is 0. The monoisotopic (exact) mass is 629 g/mol. The highest BCUT2D eigenvalue weighted by Crippen LogP contribution is 2.46. The summed E-state index contributed by atoms with van der Waals surface area (Å²) in [6.07, 6.45) is 9.44. The van der Waals surface area contributed by atoms with E-state index < -0.39 is 0 Å². The van der Waals surface area contributed by atoms with Gasteiger partial charge < -0.3 is 14.4 Å². The van der Waals surface area contributed by atoms with Crippen molar-refractivity contribution in [3.8, 4) is 11.5 Å². The summed E-state index contributed by atoms with van der Waals surface area (Å²) in [4.78, 5) is 16.3. The lowest BCUT2D eigenvalue weighted by atomic mass is 9.83. The number of fused-ring (bicyclic) bond motifs is 4. The minimum absolute atomic E-state index is 0.120. The van der Waals surface area contributed by atoms with Gasteiger partial charge in [0.25, 0.3) is 0 Å². The zero-order chi connectivity index (χ0) is 33.2. The first kappa shape index (κ1) is 31.5. The quantitative estimate of drug-likeness (QED) is 0.160. The van der Waals surface area contributed by atoms with Crippen LogP contribution >= 0.6 is 0 Å². The van der Waals surface area contributed by atoms with E-state index in [9.17, 15) is 4.79 Å². The fraction of sp³-hybridized carbons (Fsp3) is 0.429. The minimum atomic E-state index is -0.254. The van der Waals surface area contributed by atoms with E-state index in [2.05, 4.69) is 107 Å². The number of likely N-dealkylation sites (N-methyl/N-ethyl adjacent to an activating group) is 2. The number of carbonyl (C=O) groups is 1. The van der Waals surface area contributed by atoms with E-state index in [0.717, 1.165) is 59.3 Å². The Morgan fingerprint density at radius 2 is 1.62 bits per heavy atom. The molecule has 244 valence electrons. The summed E-state index contributed by atoms with van der Waals surface area (Å²) in [5, 5.41) is 2.18. The maximum Gasteiger partial charge on any atom is 0.338 e. The molecule has 0 aromatic heterocycles. The summed E-state index contributed by atoms with van der Waals surface area (Å²) in [6.45, 7) is 20.2. The second-order valence-corrected chi connectivity index (χ2v) is 15.0. The molecule has 0 bridgehead atoms. The van der Waals surface area contributed by atoms with E-state index in [1.165, 1.54) is 46.2 Å². The van der Waals surface area contributed by atoms with Crippen molar-refractivity contribution in [1.82, 2.24) is 4.58 Å². The van der Waals surface area contributed by atoms with Crippen LogP contribution < -0.4 is 24.8 Å². The molecule has 0 radical (unpaired) electrons. The van der Waals surface area contributed by atoms with Crippen molar-refractivity contribution in [3.63, 3.8) is 0 Å². The highest BCUT2D eigenvalue weighted by Gasteiger charge is 2.36. The zero-order valence-electron chi connectivity index (χ0n) is 29.4. The molecule has 3 aromatic rings. The second-order valence-electron chi connectivity index (χ2n) is 15.0. The van der Waals surface area contributed by atoms with E-state index in [1.54, 1.807) is 0 Å². The molecule has 0 saturated heterocycles. The van der Waals surface area contributed by atoms with Gasteiger partial charge in [-0.15, -0.1) is 0 Å². The lowest BCUT2D eigenvalue weighted by Gasteiger charge is -2.43. The molecule has 0 N–H and O–H groups in total. The molecule has 7 rings (SSSR count). The van der Waals surface area contributed by atoms with E-state index >= 15 is 0 Å². The number of anilines is 1. The predicted molar refractivity (Wildman–Crippen MR) is 193 cm³/mol. The highest BCUT2D eigenvalue weighted by atomic mass is 16.5. The van der Waals surface area contributed by atoms with Gasteiger partial charge in [-0.05, 0) is 101 Å². The number of nitrogens with zero attached hydrogens (tertiary/aromatic N) is 2. The number of carbonyl (C=O) groups excluding carboxylic acids is 1. The molecule has 5 heteroatoms. The number of esters is 1. The van der Waals surface area contributed by atoms with Gasteiger partial charge in [-0.2, -0.15) is 0 Å². The van der Waals surface area contributed by atoms with E-state index in [4.69, 9.17) is 9.47 Å². The van der Waals surface area contributed by atoms with Gasteiger partial charge in [-0.3, -0.25) is 0 Å². The van der Waals surface area contributed by atoms with E-state index in [1.807, 2.05) is 18.2 Å². The molecule has 0 atom stereocenters. The normalized spacial score (nSPS) is 19.2. The van der Waals surface area contributed by atoms with Crippen molar-refractivity contribution in [3.05, 3.63) is 99.1 Å². The maximum atomic E-state index is 13.9. The van der Waals surface area contributed by atoms with Crippen molar-refractivity contribution < 1.29 is 14.3 Å². The number of allylic oxidation sites excluding steroid dienone is 2. The Labute approximate surface area is 279 Å². The van der Waals surface area contributed by atoms with Gasteiger partial charge in [0.1, 0.15) is 18.0 Å². The topological polar surface area (TPSA) is 41.8 Å². The fourth-order valence-electron chi connectivity index (χ4n) is 8.80. The van der Waals surface area contributed by atoms with Crippen LogP contribution in [0.3, 0.4) is 0 Å². The zero-order valence-corrected chi connectivity index (χ0v) is 29.4. The molecule has 3 aromatic carbocycles. The predicted octanol–water partition coefficient (Wildman–Crippen LogP) is 8.11. The molecular weight excluding hydrogens is 580 g/mol. The number of hydrogen-bond donors (Lipinski definition) is 0. The van der Waals surface area contributed by atoms with Gasteiger partial charge in [0.15, 0.2) is 5.54 Å². The average molecular weight is 630 g/mol. The standard InChI is InChI=1S/C42H49N2O3/c1-9-43-35-21-37-33(19-31(35)26(3)23-41(43,5)6)39(29-17-13-14-18-30(29)40(45)46-25-28-15-11-12-16-28)34-20-32-27(4)24-42(7,8)44(10-2)36(32)22-38(34)47-37/h13-14,17-24,28H,9-12,15-16,25H2,1-8H3/q+1. The Balaban J connectivity index is 1.51. The van der Waals surface area contributed by atoms with Crippen LogP contribution in [0.15, 0.2) is 60.7 Å². The van der Waals surface area contributed by atoms with Crippen molar-refractivity contribution >= 4 is 28.4 Å². The third-order valence-corrected chi connectivity index (χ3v) is 10.9. The van der Waals surface area contributed by atoms with Crippen LogP contribution in [0.25, 0.3) is 16.7 Å². The maximum absolute atomic E-state index is 13.9. The van der Waals surface area contributed by atoms with Crippen molar-refractivity contribution in [2.24, 2.45) is 5.92 Å². The summed E-state index contributed by atoms with van der Waals surface area (Å²) in [5.74, 6) is 1.84. The molecule has 1 fully saturated rings. The third kappa shape index (κ3) is 5.23. The van der Waals surface area contributed by atoms with E-state index in [0.29, 0.717) is 18.1 Å². The summed E-state index contributed by atoms with van der Waals surface area (Å²) in [5.41, 5.74) is 9.32. The molecule has 0 amide bonds. The summed E-state index contributed by atoms with van der Waals surface area (Å²) in [6, 6.07) is 17.0. The minimum Gasteiger partial charge on any atom is -0.462 e. The molecule has 4 aliphatic rings. The number of rotatable bonds is 6. The first-order valence-corrected chi connectivity index (χ1v) is 17.6. The van der Waals surface area contributed by atoms with E-state index in [-0.39, 0.29) is 17.0 Å². The Morgan fingerprint density at radius 3 is 2.34 bits per heavy atom. The highest BCUT2D eigenvalue weighted by molar-refractivity contribution is 6.00. The van der Waals surface area contributed by atoms with Gasteiger partial charge in [0.2, 0.25) is 5.36 Å².